The summed E-state index contributed by atoms with van der Waals surface area (Å²) in [6, 6.07) is 11.0. The van der Waals surface area contributed by atoms with Crippen molar-refractivity contribution in [2.75, 3.05) is 0 Å². The highest BCUT2D eigenvalue weighted by molar-refractivity contribution is 6.18. The van der Waals surface area contributed by atoms with Gasteiger partial charge in [-0.3, -0.25) is 0 Å². The molecule has 0 fully saturated rings. The number of hydrogen-bond donors (Lipinski definition) is 0. The van der Waals surface area contributed by atoms with Crippen LogP contribution in [0, 0.1) is 18.0 Å². The Hall–Kier alpha value is -1.57. The van der Waals surface area contributed by atoms with E-state index < -0.39 is 0 Å². The van der Waals surface area contributed by atoms with Gasteiger partial charge in [-0.25, -0.2) is 0 Å². The smallest absolute Gasteiger partial charge is 0.0965 e. The molecule has 35 heavy (non-hydrogen) atoms. The first-order chi connectivity index (χ1) is 17.3. The van der Waals surface area contributed by atoms with Crippen LogP contribution in [-0.2, 0) is 6.42 Å². The van der Waals surface area contributed by atoms with Gasteiger partial charge in [0.05, 0.1) is 5.92 Å². The third-order valence-corrected chi connectivity index (χ3v) is 7.84. The Morgan fingerprint density at radius 2 is 1.06 bits per heavy atom. The van der Waals surface area contributed by atoms with Crippen LogP contribution in [0.25, 0.3) is 0 Å². The quantitative estimate of drug-likeness (QED) is 0.110. The summed E-state index contributed by atoms with van der Waals surface area (Å²) in [5, 5.41) is 0. The molecule has 1 heterocycles. The number of rotatable bonds is 23. The van der Waals surface area contributed by atoms with Crippen molar-refractivity contribution < 1.29 is 0 Å². The van der Waals surface area contributed by atoms with Gasteiger partial charge in [0.15, 0.2) is 12.4 Å². The highest BCUT2D eigenvalue weighted by atomic mass is 15.0. The van der Waals surface area contributed by atoms with E-state index >= 15 is 0 Å². The summed E-state index contributed by atoms with van der Waals surface area (Å²) in [5.41, 5.74) is 1.45. The fourth-order valence-electron chi connectivity index (χ4n) is 5.66. The summed E-state index contributed by atoms with van der Waals surface area (Å²) in [6.07, 6.45) is 32.7. The van der Waals surface area contributed by atoms with Crippen molar-refractivity contribution in [2.45, 2.75) is 142 Å². The van der Waals surface area contributed by atoms with Gasteiger partial charge in [-0.15, -0.1) is 0 Å². The second kappa shape index (κ2) is 20.6. The molecular formula is C33H55N2+. The van der Waals surface area contributed by atoms with Gasteiger partial charge in [0.2, 0.25) is 6.17 Å². The molecular weight excluding hydrogens is 424 g/mol. The van der Waals surface area contributed by atoms with Gasteiger partial charge in [-0.2, -0.15) is 0 Å². The van der Waals surface area contributed by atoms with Crippen LogP contribution in [0.15, 0.2) is 40.3 Å². The van der Waals surface area contributed by atoms with Crippen molar-refractivity contribution in [3.8, 4) is 0 Å². The summed E-state index contributed by atoms with van der Waals surface area (Å²) < 4.78 is 0. The van der Waals surface area contributed by atoms with Crippen molar-refractivity contribution >= 4 is 12.4 Å². The van der Waals surface area contributed by atoms with Crippen LogP contribution in [-0.4, -0.2) is 12.4 Å². The zero-order chi connectivity index (χ0) is 24.8. The summed E-state index contributed by atoms with van der Waals surface area (Å²) in [5.74, 6) is 1.12. The molecule has 0 saturated carbocycles. The van der Waals surface area contributed by atoms with Crippen LogP contribution < -0.4 is 0 Å². The Bertz CT molecular complexity index is 638. The van der Waals surface area contributed by atoms with E-state index in [2.05, 4.69) is 54.2 Å². The third-order valence-electron chi connectivity index (χ3n) is 7.84. The average Bonchev–Trinajstić information content (AvgIpc) is 3.41. The van der Waals surface area contributed by atoms with Crippen molar-refractivity contribution in [1.82, 2.24) is 0 Å². The van der Waals surface area contributed by atoms with Gasteiger partial charge in [-0.05, 0) is 30.7 Å². The first kappa shape index (κ1) is 29.7. The molecule has 1 aliphatic heterocycles. The summed E-state index contributed by atoms with van der Waals surface area (Å²) in [6.45, 7) is 4.60. The first-order valence-corrected chi connectivity index (χ1v) is 15.3. The molecule has 0 N–H and O–H groups in total. The van der Waals surface area contributed by atoms with Gasteiger partial charge in [0.25, 0.3) is 0 Å². The van der Waals surface area contributed by atoms with E-state index in [0.29, 0.717) is 11.8 Å². The number of hydrogen-bond acceptors (Lipinski definition) is 2. The fraction of sp³-hybridized carbons (Fsp3) is 0.727. The molecule has 2 atom stereocenters. The Labute approximate surface area is 218 Å². The molecule has 0 saturated heterocycles. The zero-order valence-electron chi connectivity index (χ0n) is 23.2. The lowest BCUT2D eigenvalue weighted by Gasteiger charge is -2.24. The SMILES string of the molecule is CCCCCCCCCCCCCCCCCCCC(Cc1ccccc1)C(CC)[C+]1N=CC=N1. The Balaban J connectivity index is 1.50. The fourth-order valence-corrected chi connectivity index (χ4v) is 5.66. The lowest BCUT2D eigenvalue weighted by molar-refractivity contribution is 0.300. The van der Waals surface area contributed by atoms with E-state index in [4.69, 9.17) is 0 Å². The maximum Gasteiger partial charge on any atom is 0.244 e. The van der Waals surface area contributed by atoms with E-state index in [-0.39, 0.29) is 0 Å². The molecule has 0 amide bonds. The molecule has 1 aromatic carbocycles. The summed E-state index contributed by atoms with van der Waals surface area (Å²) in [7, 11) is 0. The van der Waals surface area contributed by atoms with Crippen LogP contribution in [0.3, 0.4) is 0 Å². The summed E-state index contributed by atoms with van der Waals surface area (Å²) >= 11 is 0. The highest BCUT2D eigenvalue weighted by Crippen LogP contribution is 2.35. The van der Waals surface area contributed by atoms with Crippen LogP contribution >= 0.6 is 0 Å². The van der Waals surface area contributed by atoms with E-state index in [9.17, 15) is 0 Å². The predicted octanol–water partition coefficient (Wildman–Crippen LogP) is 10.6. The molecule has 2 heteroatoms. The summed E-state index contributed by atoms with van der Waals surface area (Å²) in [4.78, 5) is 9.13. The second-order valence-electron chi connectivity index (χ2n) is 10.8. The van der Waals surface area contributed by atoms with Crippen LogP contribution in [0.5, 0.6) is 0 Å². The van der Waals surface area contributed by atoms with Gasteiger partial charge >= 0.3 is 0 Å². The molecule has 2 nitrogen and oxygen atoms in total. The lowest BCUT2D eigenvalue weighted by Crippen LogP contribution is -2.21. The Morgan fingerprint density at radius 3 is 1.51 bits per heavy atom. The zero-order valence-corrected chi connectivity index (χ0v) is 23.2. The van der Waals surface area contributed by atoms with Crippen molar-refractivity contribution in [3.05, 3.63) is 42.1 Å². The minimum atomic E-state index is 0.478. The van der Waals surface area contributed by atoms with E-state index in [1.54, 1.807) is 0 Å². The molecule has 2 unspecified atom stereocenters. The third kappa shape index (κ3) is 13.9. The van der Waals surface area contributed by atoms with Gasteiger partial charge < -0.3 is 0 Å². The Kier molecular flexibility index (Phi) is 17.5. The van der Waals surface area contributed by atoms with Crippen molar-refractivity contribution in [1.29, 1.82) is 0 Å². The number of aliphatic imine (C=N–C) groups is 2. The van der Waals surface area contributed by atoms with E-state index in [1.807, 2.05) is 12.4 Å². The monoisotopic (exact) mass is 479 g/mol. The van der Waals surface area contributed by atoms with Crippen LogP contribution in [0.2, 0.25) is 0 Å². The van der Waals surface area contributed by atoms with Crippen LogP contribution in [0.1, 0.15) is 141 Å². The second-order valence-corrected chi connectivity index (χ2v) is 10.8. The molecule has 0 aromatic heterocycles. The molecule has 0 radical (unpaired) electrons. The largest absolute Gasteiger partial charge is 0.244 e. The maximum absolute atomic E-state index is 4.57. The minimum Gasteiger partial charge on any atom is -0.0965 e. The molecule has 0 bridgehead atoms. The predicted molar refractivity (Wildman–Crippen MR) is 156 cm³/mol. The van der Waals surface area contributed by atoms with Gasteiger partial charge in [0.1, 0.15) is 0 Å². The van der Waals surface area contributed by atoms with Crippen LogP contribution in [0.4, 0.5) is 0 Å². The van der Waals surface area contributed by atoms with Gasteiger partial charge in [0, 0.05) is 0 Å². The number of nitrogens with zero attached hydrogens (tertiary/aromatic N) is 2. The normalized spacial score (nSPS) is 14.6. The highest BCUT2D eigenvalue weighted by Gasteiger charge is 2.34. The van der Waals surface area contributed by atoms with Crippen molar-refractivity contribution in [2.24, 2.45) is 21.8 Å². The molecule has 0 spiro atoms. The van der Waals surface area contributed by atoms with Gasteiger partial charge in [-0.1, -0.05) is 163 Å². The van der Waals surface area contributed by atoms with E-state index in [1.165, 1.54) is 121 Å². The number of unbranched alkanes of at least 4 members (excludes halogenated alkanes) is 16. The topological polar surface area (TPSA) is 24.7 Å². The molecule has 0 aliphatic carbocycles. The molecule has 1 aromatic rings. The number of benzene rings is 1. The average molecular weight is 480 g/mol. The van der Waals surface area contributed by atoms with Crippen molar-refractivity contribution in [3.63, 3.8) is 0 Å². The molecule has 2 rings (SSSR count). The Morgan fingerprint density at radius 1 is 0.600 bits per heavy atom. The first-order valence-electron chi connectivity index (χ1n) is 15.3. The maximum atomic E-state index is 4.57. The lowest BCUT2D eigenvalue weighted by atomic mass is 9.80. The molecule has 1 aliphatic rings. The molecule has 196 valence electrons. The van der Waals surface area contributed by atoms with E-state index in [0.717, 1.165) is 19.0 Å². The standard InChI is InChI=1S/C33H55N2/c1-3-5-6-7-8-9-10-11-12-13-14-15-16-17-18-19-23-26-31(29-30-24-21-20-22-25-30)32(4-2)33-34-27-28-35-33/h20-22,24-25,27-28,31-32H,3-19,23,26,29H2,1-2H3/q+1. The minimum absolute atomic E-state index is 0.478.